The molecule has 144 valence electrons. The van der Waals surface area contributed by atoms with E-state index >= 15 is 0 Å². The molecule has 0 aliphatic heterocycles. The average Bonchev–Trinajstić information content (AvgIpc) is 2.75. The van der Waals surface area contributed by atoms with Gasteiger partial charge in [0.25, 0.3) is 0 Å². The summed E-state index contributed by atoms with van der Waals surface area (Å²) in [6.45, 7) is 6.74. The third-order valence-corrected chi connectivity index (χ3v) is 5.90. The third-order valence-electron chi connectivity index (χ3n) is 5.90. The second kappa shape index (κ2) is 6.73. The maximum atomic E-state index is 12.8. The molecule has 0 bridgehead atoms. The Labute approximate surface area is 170 Å². The van der Waals surface area contributed by atoms with Gasteiger partial charge in [0, 0.05) is 0 Å². The average molecular weight is 380 g/mol. The SMILES string of the molecule is CCc1ccc2c3cccc4c(C(=O)OCC(C)C)ccc(c5cccc1c25)c43. The molecule has 0 spiro atoms. The van der Waals surface area contributed by atoms with Gasteiger partial charge in [-0.1, -0.05) is 75.4 Å². The lowest BCUT2D eigenvalue weighted by Crippen LogP contribution is -2.10. The van der Waals surface area contributed by atoms with E-state index in [0.29, 0.717) is 18.1 Å². The Morgan fingerprint density at radius 1 is 0.759 bits per heavy atom. The van der Waals surface area contributed by atoms with Crippen LogP contribution in [0.2, 0.25) is 0 Å². The van der Waals surface area contributed by atoms with Gasteiger partial charge in [0.15, 0.2) is 0 Å². The Balaban J connectivity index is 1.88. The molecule has 5 rings (SSSR count). The Hall–Kier alpha value is -3.13. The number of carbonyl (C=O) groups excluding carboxylic acids is 1. The Bertz CT molecular complexity index is 1360. The van der Waals surface area contributed by atoms with Crippen molar-refractivity contribution in [2.75, 3.05) is 6.61 Å². The molecule has 0 saturated carbocycles. The third kappa shape index (κ3) is 2.66. The first-order valence-electron chi connectivity index (χ1n) is 10.4. The molecule has 5 aromatic rings. The largest absolute Gasteiger partial charge is 0.462 e. The zero-order valence-electron chi connectivity index (χ0n) is 17.1. The molecule has 0 N–H and O–H groups in total. The molecule has 2 nitrogen and oxygen atoms in total. The van der Waals surface area contributed by atoms with E-state index in [4.69, 9.17) is 4.74 Å². The molecular formula is C27H24O2. The number of fused-ring (bicyclic) bond motifs is 2. The summed E-state index contributed by atoms with van der Waals surface area (Å²) >= 11 is 0. The van der Waals surface area contributed by atoms with Crippen molar-refractivity contribution in [2.45, 2.75) is 27.2 Å². The smallest absolute Gasteiger partial charge is 0.338 e. The van der Waals surface area contributed by atoms with Gasteiger partial charge in [-0.2, -0.15) is 0 Å². The van der Waals surface area contributed by atoms with E-state index in [2.05, 4.69) is 49.4 Å². The van der Waals surface area contributed by atoms with Gasteiger partial charge in [0.1, 0.15) is 0 Å². The molecule has 0 fully saturated rings. The molecular weight excluding hydrogens is 356 g/mol. The minimum atomic E-state index is -0.243. The number of rotatable bonds is 4. The highest BCUT2D eigenvalue weighted by molar-refractivity contribution is 6.34. The molecule has 0 radical (unpaired) electrons. The van der Waals surface area contributed by atoms with E-state index in [0.717, 1.165) is 17.2 Å². The summed E-state index contributed by atoms with van der Waals surface area (Å²) in [5, 5.41) is 9.65. The van der Waals surface area contributed by atoms with E-state index in [1.54, 1.807) is 0 Å². The summed E-state index contributed by atoms with van der Waals surface area (Å²) in [6.07, 6.45) is 1.01. The van der Waals surface area contributed by atoms with Crippen LogP contribution in [0.3, 0.4) is 0 Å². The maximum Gasteiger partial charge on any atom is 0.338 e. The van der Waals surface area contributed by atoms with Gasteiger partial charge in [-0.3, -0.25) is 0 Å². The number of ether oxygens (including phenoxy) is 1. The first kappa shape index (κ1) is 17.9. The molecule has 0 aliphatic carbocycles. The standard InChI is InChI=1S/C27H24O2/c1-4-17-11-12-22-20-9-6-10-21-24(27(28)29-15-16(2)3)14-13-23(26(20)21)19-8-5-7-18(17)25(19)22/h5-14,16H,4,15H2,1-3H3. The first-order chi connectivity index (χ1) is 14.1. The van der Waals surface area contributed by atoms with Crippen molar-refractivity contribution >= 4 is 49.1 Å². The number of carbonyl (C=O) groups is 1. The monoisotopic (exact) mass is 380 g/mol. The summed E-state index contributed by atoms with van der Waals surface area (Å²) < 4.78 is 5.55. The van der Waals surface area contributed by atoms with Crippen LogP contribution < -0.4 is 0 Å². The number of aryl methyl sites for hydroxylation is 1. The minimum Gasteiger partial charge on any atom is -0.462 e. The maximum absolute atomic E-state index is 12.8. The van der Waals surface area contributed by atoms with E-state index in [1.165, 1.54) is 37.9 Å². The van der Waals surface area contributed by atoms with Crippen LogP contribution >= 0.6 is 0 Å². The highest BCUT2D eigenvalue weighted by Crippen LogP contribution is 2.41. The Morgan fingerprint density at radius 2 is 1.31 bits per heavy atom. The fourth-order valence-corrected chi connectivity index (χ4v) is 4.58. The van der Waals surface area contributed by atoms with Gasteiger partial charge in [-0.25, -0.2) is 4.79 Å². The molecule has 29 heavy (non-hydrogen) atoms. The summed E-state index contributed by atoms with van der Waals surface area (Å²) in [7, 11) is 0. The van der Waals surface area contributed by atoms with Crippen molar-refractivity contribution in [1.29, 1.82) is 0 Å². The fraction of sp³-hybridized carbons (Fsp3) is 0.222. The quantitative estimate of drug-likeness (QED) is 0.189. The van der Waals surface area contributed by atoms with Crippen LogP contribution in [-0.2, 0) is 11.2 Å². The molecule has 2 heteroatoms. The van der Waals surface area contributed by atoms with Crippen molar-refractivity contribution < 1.29 is 9.53 Å². The predicted octanol–water partition coefficient (Wildman–Crippen LogP) is 7.11. The summed E-state index contributed by atoms with van der Waals surface area (Å²) in [5.41, 5.74) is 2.02. The van der Waals surface area contributed by atoms with Crippen LogP contribution in [-0.4, -0.2) is 12.6 Å². The molecule has 0 unspecified atom stereocenters. The number of benzene rings is 5. The predicted molar refractivity (Wildman–Crippen MR) is 122 cm³/mol. The fourth-order valence-electron chi connectivity index (χ4n) is 4.58. The molecule has 0 aliphatic rings. The van der Waals surface area contributed by atoms with E-state index in [1.807, 2.05) is 32.0 Å². The molecule has 0 amide bonds. The molecule has 0 heterocycles. The van der Waals surface area contributed by atoms with Gasteiger partial charge in [-0.05, 0) is 67.1 Å². The molecule has 0 saturated heterocycles. The zero-order chi connectivity index (χ0) is 20.1. The zero-order valence-corrected chi connectivity index (χ0v) is 17.1. The summed E-state index contributed by atoms with van der Waals surface area (Å²) in [4.78, 5) is 12.8. The van der Waals surface area contributed by atoms with Crippen molar-refractivity contribution in [1.82, 2.24) is 0 Å². The van der Waals surface area contributed by atoms with Crippen LogP contribution in [0.25, 0.3) is 43.1 Å². The normalized spacial score (nSPS) is 12.0. The number of esters is 1. The van der Waals surface area contributed by atoms with E-state index in [9.17, 15) is 4.79 Å². The highest BCUT2D eigenvalue weighted by atomic mass is 16.5. The van der Waals surface area contributed by atoms with Gasteiger partial charge in [0.2, 0.25) is 0 Å². The van der Waals surface area contributed by atoms with Crippen LogP contribution in [0.15, 0.2) is 60.7 Å². The summed E-state index contributed by atoms with van der Waals surface area (Å²) in [6, 6.07) is 21.3. The van der Waals surface area contributed by atoms with Gasteiger partial charge in [-0.15, -0.1) is 0 Å². The second-order valence-corrected chi connectivity index (χ2v) is 8.24. The van der Waals surface area contributed by atoms with Crippen LogP contribution in [0.5, 0.6) is 0 Å². The summed E-state index contributed by atoms with van der Waals surface area (Å²) in [5.74, 6) is 0.0731. The van der Waals surface area contributed by atoms with Crippen LogP contribution in [0, 0.1) is 5.92 Å². The minimum absolute atomic E-state index is 0.243. The second-order valence-electron chi connectivity index (χ2n) is 8.24. The Kier molecular flexibility index (Phi) is 4.16. The van der Waals surface area contributed by atoms with Gasteiger partial charge < -0.3 is 4.74 Å². The molecule has 5 aromatic carbocycles. The molecule has 0 aromatic heterocycles. The van der Waals surface area contributed by atoms with E-state index < -0.39 is 0 Å². The molecule has 0 atom stereocenters. The van der Waals surface area contributed by atoms with Crippen LogP contribution in [0.4, 0.5) is 0 Å². The highest BCUT2D eigenvalue weighted by Gasteiger charge is 2.18. The van der Waals surface area contributed by atoms with Crippen LogP contribution in [0.1, 0.15) is 36.7 Å². The van der Waals surface area contributed by atoms with Crippen molar-refractivity contribution in [3.63, 3.8) is 0 Å². The van der Waals surface area contributed by atoms with Gasteiger partial charge in [0.05, 0.1) is 12.2 Å². The van der Waals surface area contributed by atoms with Crippen molar-refractivity contribution in [2.24, 2.45) is 5.92 Å². The topological polar surface area (TPSA) is 26.3 Å². The lowest BCUT2D eigenvalue weighted by Gasteiger charge is -2.17. The Morgan fingerprint density at radius 3 is 1.97 bits per heavy atom. The first-order valence-corrected chi connectivity index (χ1v) is 10.4. The lowest BCUT2D eigenvalue weighted by molar-refractivity contribution is 0.0461. The van der Waals surface area contributed by atoms with Gasteiger partial charge >= 0.3 is 5.97 Å². The number of hydrogen-bond acceptors (Lipinski definition) is 2. The number of hydrogen-bond donors (Lipinski definition) is 0. The van der Waals surface area contributed by atoms with E-state index in [-0.39, 0.29) is 5.97 Å². The van der Waals surface area contributed by atoms with Crippen molar-refractivity contribution in [3.05, 3.63) is 71.8 Å². The lowest BCUT2D eigenvalue weighted by atomic mass is 9.87. The van der Waals surface area contributed by atoms with Crippen molar-refractivity contribution in [3.8, 4) is 0 Å².